The van der Waals surface area contributed by atoms with Gasteiger partial charge in [0.2, 0.25) is 0 Å². The van der Waals surface area contributed by atoms with E-state index in [1.807, 2.05) is 6.92 Å². The number of carbonyl (C=O) groups is 1. The molecule has 0 amide bonds. The largest absolute Gasteiger partial charge is 0.299 e. The zero-order valence-electron chi connectivity index (χ0n) is 7.66. The van der Waals surface area contributed by atoms with Crippen molar-refractivity contribution in [2.75, 3.05) is 0 Å². The lowest BCUT2D eigenvalue weighted by Crippen LogP contribution is -1.88. The van der Waals surface area contributed by atoms with Crippen molar-refractivity contribution in [1.29, 1.82) is 0 Å². The minimum absolute atomic E-state index is 0.0699. The first-order valence-corrected chi connectivity index (χ1v) is 3.95. The van der Waals surface area contributed by atoms with Gasteiger partial charge in [-0.15, -0.1) is 0 Å². The fraction of sp³-hybridized carbons (Fsp3) is 0.300. The predicted molar refractivity (Wildman–Crippen MR) is 48.9 cm³/mol. The van der Waals surface area contributed by atoms with Crippen molar-refractivity contribution in [2.45, 2.75) is 20.3 Å². The molecule has 0 aliphatic heterocycles. The Morgan fingerprint density at radius 1 is 1.46 bits per heavy atom. The summed E-state index contributed by atoms with van der Waals surface area (Å²) in [5, 5.41) is 0. The summed E-state index contributed by atoms with van der Waals surface area (Å²) in [6.07, 6.45) is 3.58. The van der Waals surface area contributed by atoms with Gasteiger partial charge in [0.15, 0.2) is 0 Å². The Balaban J connectivity index is 2.67. The quantitative estimate of drug-likeness (QED) is 0.599. The molecular weight excluding hydrogens is 164 g/mol. The molecule has 0 radical (unpaired) electrons. The Bertz CT molecular complexity index is 357. The highest BCUT2D eigenvalue weighted by molar-refractivity contribution is 5.78. The highest BCUT2D eigenvalue weighted by Gasteiger charge is 1.89. The Morgan fingerprint density at radius 2 is 2.08 bits per heavy atom. The number of aryl methyl sites for hydroxylation is 1. The molecule has 13 heavy (non-hydrogen) atoms. The van der Waals surface area contributed by atoms with Crippen molar-refractivity contribution in [1.82, 2.24) is 9.97 Å². The molecule has 0 aliphatic rings. The van der Waals surface area contributed by atoms with Crippen LogP contribution in [0.2, 0.25) is 0 Å². The van der Waals surface area contributed by atoms with E-state index in [-0.39, 0.29) is 12.2 Å². The summed E-state index contributed by atoms with van der Waals surface area (Å²) in [6, 6.07) is 0. The number of rotatable bonds is 1. The third-order valence-corrected chi connectivity index (χ3v) is 1.35. The molecule has 3 nitrogen and oxygen atoms in total. The normalized spacial score (nSPS) is 8.77. The fourth-order valence-electron chi connectivity index (χ4n) is 0.728. The van der Waals surface area contributed by atoms with E-state index < -0.39 is 0 Å². The molecule has 0 bridgehead atoms. The molecule has 0 saturated carbocycles. The third kappa shape index (κ3) is 3.48. The van der Waals surface area contributed by atoms with E-state index in [1.54, 1.807) is 12.4 Å². The summed E-state index contributed by atoms with van der Waals surface area (Å²) in [6.45, 7) is 3.33. The Kier molecular flexibility index (Phi) is 3.15. The summed E-state index contributed by atoms with van der Waals surface area (Å²) in [4.78, 5) is 18.5. The lowest BCUT2D eigenvalue weighted by atomic mass is 10.3. The molecule has 66 valence electrons. The molecule has 0 unspecified atom stereocenters. The van der Waals surface area contributed by atoms with E-state index in [0.717, 1.165) is 11.4 Å². The summed E-state index contributed by atoms with van der Waals surface area (Å²) >= 11 is 0. The van der Waals surface area contributed by atoms with Gasteiger partial charge in [-0.3, -0.25) is 4.79 Å². The lowest BCUT2D eigenvalue weighted by Gasteiger charge is -1.89. The van der Waals surface area contributed by atoms with E-state index >= 15 is 0 Å². The van der Waals surface area contributed by atoms with Crippen molar-refractivity contribution < 1.29 is 4.79 Å². The van der Waals surface area contributed by atoms with Crippen LogP contribution in [-0.4, -0.2) is 15.8 Å². The number of Topliss-reactive ketones (excluding diaryl/α,β-unsaturated/α-hetero) is 1. The van der Waals surface area contributed by atoms with Crippen molar-refractivity contribution in [3.63, 3.8) is 0 Å². The Hall–Kier alpha value is -1.69. The maximum atomic E-state index is 10.6. The maximum absolute atomic E-state index is 10.6. The van der Waals surface area contributed by atoms with Gasteiger partial charge >= 0.3 is 0 Å². The SMILES string of the molecule is CC(=O)CC#Cc1cnc(C)nc1. The van der Waals surface area contributed by atoms with Crippen LogP contribution in [0.25, 0.3) is 0 Å². The maximum Gasteiger partial charge on any atom is 0.141 e. The van der Waals surface area contributed by atoms with Gasteiger partial charge in [0, 0.05) is 12.4 Å². The number of nitrogens with zero attached hydrogens (tertiary/aromatic N) is 2. The average Bonchev–Trinajstić information content (AvgIpc) is 2.08. The van der Waals surface area contributed by atoms with Crippen LogP contribution in [0.3, 0.4) is 0 Å². The molecule has 0 atom stereocenters. The van der Waals surface area contributed by atoms with E-state index in [9.17, 15) is 4.79 Å². The standard InChI is InChI=1S/C10H10N2O/c1-8(13)4-3-5-10-6-11-9(2)12-7-10/h6-7H,4H2,1-2H3. The minimum atomic E-state index is 0.0699. The molecular formula is C10H10N2O. The topological polar surface area (TPSA) is 42.9 Å². The van der Waals surface area contributed by atoms with Crippen LogP contribution in [0, 0.1) is 18.8 Å². The van der Waals surface area contributed by atoms with E-state index in [0.29, 0.717) is 0 Å². The van der Waals surface area contributed by atoms with Gasteiger partial charge in [-0.25, -0.2) is 9.97 Å². The zero-order valence-corrected chi connectivity index (χ0v) is 7.66. The van der Waals surface area contributed by atoms with Crippen LogP contribution in [0.4, 0.5) is 0 Å². The molecule has 1 rings (SSSR count). The third-order valence-electron chi connectivity index (χ3n) is 1.35. The van der Waals surface area contributed by atoms with Gasteiger partial charge < -0.3 is 0 Å². The van der Waals surface area contributed by atoms with Gasteiger partial charge in [-0.1, -0.05) is 11.8 Å². The number of hydrogen-bond donors (Lipinski definition) is 0. The molecule has 1 aromatic heterocycles. The van der Waals surface area contributed by atoms with Crippen LogP contribution in [0.15, 0.2) is 12.4 Å². The highest BCUT2D eigenvalue weighted by atomic mass is 16.1. The molecule has 1 heterocycles. The van der Waals surface area contributed by atoms with Crippen LogP contribution >= 0.6 is 0 Å². The van der Waals surface area contributed by atoms with Crippen LogP contribution in [0.1, 0.15) is 24.7 Å². The molecule has 0 aromatic carbocycles. The van der Waals surface area contributed by atoms with Gasteiger partial charge in [-0.2, -0.15) is 0 Å². The molecule has 0 N–H and O–H groups in total. The van der Waals surface area contributed by atoms with Gasteiger partial charge in [-0.05, 0) is 13.8 Å². The van der Waals surface area contributed by atoms with Crippen LogP contribution in [0.5, 0.6) is 0 Å². The van der Waals surface area contributed by atoms with Crippen molar-refractivity contribution in [2.24, 2.45) is 0 Å². The van der Waals surface area contributed by atoms with E-state index in [1.165, 1.54) is 6.92 Å². The Labute approximate surface area is 77.2 Å². The second-order valence-corrected chi connectivity index (χ2v) is 2.70. The predicted octanol–water partition coefficient (Wildman–Crippen LogP) is 1.12. The van der Waals surface area contributed by atoms with Crippen LogP contribution in [-0.2, 0) is 4.79 Å². The smallest absolute Gasteiger partial charge is 0.141 e. The average molecular weight is 174 g/mol. The summed E-state index contributed by atoms with van der Waals surface area (Å²) in [7, 11) is 0. The number of carbonyl (C=O) groups excluding carboxylic acids is 1. The number of aromatic nitrogens is 2. The molecule has 1 aromatic rings. The van der Waals surface area contributed by atoms with Crippen molar-refractivity contribution in [3.8, 4) is 11.8 Å². The van der Waals surface area contributed by atoms with Gasteiger partial charge in [0.25, 0.3) is 0 Å². The van der Waals surface area contributed by atoms with Gasteiger partial charge in [0.05, 0.1) is 12.0 Å². The molecule has 0 saturated heterocycles. The van der Waals surface area contributed by atoms with Gasteiger partial charge in [0.1, 0.15) is 11.6 Å². The van der Waals surface area contributed by atoms with Crippen LogP contribution < -0.4 is 0 Å². The minimum Gasteiger partial charge on any atom is -0.299 e. The second-order valence-electron chi connectivity index (χ2n) is 2.70. The summed E-state index contributed by atoms with van der Waals surface area (Å²) < 4.78 is 0. The zero-order chi connectivity index (χ0) is 9.68. The molecule has 0 aliphatic carbocycles. The first kappa shape index (κ1) is 9.40. The fourth-order valence-corrected chi connectivity index (χ4v) is 0.728. The van der Waals surface area contributed by atoms with E-state index in [2.05, 4.69) is 21.8 Å². The van der Waals surface area contributed by atoms with E-state index in [4.69, 9.17) is 0 Å². The molecule has 0 fully saturated rings. The molecule has 0 spiro atoms. The van der Waals surface area contributed by atoms with Crippen molar-refractivity contribution >= 4 is 5.78 Å². The number of ketones is 1. The molecule has 3 heteroatoms. The number of hydrogen-bond acceptors (Lipinski definition) is 3. The summed E-state index contributed by atoms with van der Waals surface area (Å²) in [5.74, 6) is 6.34. The first-order chi connectivity index (χ1) is 6.18. The highest BCUT2D eigenvalue weighted by Crippen LogP contribution is 1.92. The lowest BCUT2D eigenvalue weighted by molar-refractivity contribution is -0.116. The van der Waals surface area contributed by atoms with Crippen molar-refractivity contribution in [3.05, 3.63) is 23.8 Å². The Morgan fingerprint density at radius 3 is 2.62 bits per heavy atom. The summed E-state index contributed by atoms with van der Waals surface area (Å²) in [5.41, 5.74) is 0.742. The second kappa shape index (κ2) is 4.36. The monoisotopic (exact) mass is 174 g/mol. The first-order valence-electron chi connectivity index (χ1n) is 3.95.